The Morgan fingerprint density at radius 1 is 1.60 bits per heavy atom. The molecule has 2 aromatic rings. The molecular weight excluding hydrogens is 278 g/mol. The van der Waals surface area contributed by atoms with Gasteiger partial charge in [-0.05, 0) is 13.0 Å². The molecular formula is C13H15N3O3S. The Kier molecular flexibility index (Phi) is 4.29. The first-order chi connectivity index (χ1) is 9.56. The SMILES string of the molecule is C=CC(C)n1c(SCC(=O)O)nc2ccc(OC)nc21. The number of imidazole rings is 1. The maximum Gasteiger partial charge on any atom is 0.313 e. The van der Waals surface area contributed by atoms with Crippen molar-refractivity contribution in [1.29, 1.82) is 0 Å². The second kappa shape index (κ2) is 5.96. The summed E-state index contributed by atoms with van der Waals surface area (Å²) in [5, 5.41) is 9.41. The zero-order chi connectivity index (χ0) is 14.7. The molecule has 0 aromatic carbocycles. The molecule has 106 valence electrons. The zero-order valence-electron chi connectivity index (χ0n) is 11.2. The number of hydrogen-bond donors (Lipinski definition) is 1. The summed E-state index contributed by atoms with van der Waals surface area (Å²) in [6.07, 6.45) is 1.76. The summed E-state index contributed by atoms with van der Waals surface area (Å²) in [5.41, 5.74) is 1.36. The van der Waals surface area contributed by atoms with Crippen molar-refractivity contribution < 1.29 is 14.6 Å². The van der Waals surface area contributed by atoms with Gasteiger partial charge in [0.15, 0.2) is 10.8 Å². The monoisotopic (exact) mass is 293 g/mol. The minimum Gasteiger partial charge on any atom is -0.481 e. The molecule has 1 atom stereocenters. The van der Waals surface area contributed by atoms with E-state index in [9.17, 15) is 4.79 Å². The van der Waals surface area contributed by atoms with Gasteiger partial charge >= 0.3 is 5.97 Å². The fourth-order valence-corrected chi connectivity index (χ4v) is 2.56. The molecule has 0 amide bonds. The van der Waals surface area contributed by atoms with Crippen LogP contribution in [0, 0.1) is 0 Å². The number of carboxylic acids is 1. The Morgan fingerprint density at radius 3 is 2.95 bits per heavy atom. The number of hydrogen-bond acceptors (Lipinski definition) is 5. The van der Waals surface area contributed by atoms with Gasteiger partial charge in [0.25, 0.3) is 0 Å². The first-order valence-corrected chi connectivity index (χ1v) is 6.95. The van der Waals surface area contributed by atoms with Crippen LogP contribution in [0.1, 0.15) is 13.0 Å². The molecule has 2 rings (SSSR count). The van der Waals surface area contributed by atoms with Crippen molar-refractivity contribution in [3.8, 4) is 5.88 Å². The summed E-state index contributed by atoms with van der Waals surface area (Å²) in [6.45, 7) is 5.71. The van der Waals surface area contributed by atoms with Crippen LogP contribution < -0.4 is 4.74 Å². The van der Waals surface area contributed by atoms with E-state index in [0.29, 0.717) is 22.2 Å². The molecule has 0 saturated carbocycles. The van der Waals surface area contributed by atoms with E-state index in [1.807, 2.05) is 11.5 Å². The number of fused-ring (bicyclic) bond motifs is 1. The fraction of sp³-hybridized carbons (Fsp3) is 0.308. The maximum absolute atomic E-state index is 10.7. The number of methoxy groups -OCH3 is 1. The highest BCUT2D eigenvalue weighted by Crippen LogP contribution is 2.28. The van der Waals surface area contributed by atoms with E-state index in [-0.39, 0.29) is 11.8 Å². The number of aliphatic carboxylic acids is 1. The van der Waals surface area contributed by atoms with Gasteiger partial charge in [0.05, 0.1) is 18.9 Å². The molecule has 0 bridgehead atoms. The number of allylic oxidation sites excluding steroid dienone is 1. The second-order valence-corrected chi connectivity index (χ2v) is 5.06. The molecule has 1 unspecified atom stereocenters. The number of aromatic nitrogens is 3. The summed E-state index contributed by atoms with van der Waals surface area (Å²) < 4.78 is 6.98. The van der Waals surface area contributed by atoms with Gasteiger partial charge in [-0.3, -0.25) is 9.36 Å². The van der Waals surface area contributed by atoms with Crippen molar-refractivity contribution in [1.82, 2.24) is 14.5 Å². The van der Waals surface area contributed by atoms with Gasteiger partial charge in [0, 0.05) is 6.07 Å². The Morgan fingerprint density at radius 2 is 2.35 bits per heavy atom. The van der Waals surface area contributed by atoms with Crippen LogP contribution in [0.3, 0.4) is 0 Å². The van der Waals surface area contributed by atoms with Gasteiger partial charge in [0.1, 0.15) is 5.52 Å². The molecule has 0 radical (unpaired) electrons. The lowest BCUT2D eigenvalue weighted by Gasteiger charge is -2.12. The zero-order valence-corrected chi connectivity index (χ0v) is 12.1. The lowest BCUT2D eigenvalue weighted by molar-refractivity contribution is -0.133. The second-order valence-electron chi connectivity index (χ2n) is 4.12. The first-order valence-electron chi connectivity index (χ1n) is 5.97. The predicted molar refractivity (Wildman–Crippen MR) is 77.3 cm³/mol. The normalized spacial score (nSPS) is 12.3. The van der Waals surface area contributed by atoms with E-state index < -0.39 is 5.97 Å². The van der Waals surface area contributed by atoms with Crippen LogP contribution in [-0.4, -0.2) is 38.5 Å². The van der Waals surface area contributed by atoms with E-state index >= 15 is 0 Å². The molecule has 6 nitrogen and oxygen atoms in total. The van der Waals surface area contributed by atoms with Crippen LogP contribution in [0.2, 0.25) is 0 Å². The van der Waals surface area contributed by atoms with E-state index in [4.69, 9.17) is 9.84 Å². The molecule has 20 heavy (non-hydrogen) atoms. The van der Waals surface area contributed by atoms with Crippen molar-refractivity contribution in [2.45, 2.75) is 18.1 Å². The molecule has 2 heterocycles. The first kappa shape index (κ1) is 14.4. The molecule has 7 heteroatoms. The molecule has 0 aliphatic heterocycles. The standard InChI is InChI=1S/C13H15N3O3S/c1-4-8(2)16-12-9(5-6-10(15-12)19-3)14-13(16)20-7-11(17)18/h4-6,8H,1,7H2,2-3H3,(H,17,18). The van der Waals surface area contributed by atoms with E-state index in [1.54, 1.807) is 25.3 Å². The Balaban J connectivity index is 2.54. The van der Waals surface area contributed by atoms with Crippen LogP contribution in [0.15, 0.2) is 29.9 Å². The molecule has 1 N–H and O–H groups in total. The predicted octanol–water partition coefficient (Wildman–Crippen LogP) is 2.36. The average molecular weight is 293 g/mol. The maximum atomic E-state index is 10.7. The summed E-state index contributed by atoms with van der Waals surface area (Å²) in [5.74, 6) is -0.445. The molecule has 0 aliphatic rings. The van der Waals surface area contributed by atoms with Gasteiger partial charge in [-0.15, -0.1) is 6.58 Å². The quantitative estimate of drug-likeness (QED) is 0.651. The lowest BCUT2D eigenvalue weighted by atomic mass is 10.3. The Bertz CT molecular complexity index is 654. The lowest BCUT2D eigenvalue weighted by Crippen LogP contribution is -2.07. The van der Waals surface area contributed by atoms with Crippen molar-refractivity contribution >= 4 is 28.9 Å². The molecule has 0 spiro atoms. The number of rotatable bonds is 6. The smallest absolute Gasteiger partial charge is 0.313 e. The Hall–Kier alpha value is -2.02. The van der Waals surface area contributed by atoms with Crippen molar-refractivity contribution in [3.63, 3.8) is 0 Å². The van der Waals surface area contributed by atoms with Gasteiger partial charge in [-0.2, -0.15) is 4.98 Å². The highest BCUT2D eigenvalue weighted by molar-refractivity contribution is 7.99. The highest BCUT2D eigenvalue weighted by atomic mass is 32.2. The molecule has 0 saturated heterocycles. The van der Waals surface area contributed by atoms with Gasteiger partial charge in [-0.1, -0.05) is 17.8 Å². The summed E-state index contributed by atoms with van der Waals surface area (Å²) in [7, 11) is 1.55. The third-order valence-electron chi connectivity index (χ3n) is 2.76. The van der Waals surface area contributed by atoms with Crippen LogP contribution in [0.5, 0.6) is 5.88 Å². The molecule has 0 aliphatic carbocycles. The van der Waals surface area contributed by atoms with Crippen molar-refractivity contribution in [2.24, 2.45) is 0 Å². The third kappa shape index (κ3) is 2.77. The topological polar surface area (TPSA) is 77.2 Å². The van der Waals surface area contributed by atoms with Crippen LogP contribution >= 0.6 is 11.8 Å². The van der Waals surface area contributed by atoms with Crippen molar-refractivity contribution in [3.05, 3.63) is 24.8 Å². The number of carboxylic acid groups (broad SMARTS) is 1. The average Bonchev–Trinajstić information content (AvgIpc) is 2.81. The number of carbonyl (C=O) groups is 1. The van der Waals surface area contributed by atoms with Gasteiger partial charge in [0.2, 0.25) is 5.88 Å². The van der Waals surface area contributed by atoms with E-state index in [1.165, 1.54) is 0 Å². The third-order valence-corrected chi connectivity index (χ3v) is 3.70. The van der Waals surface area contributed by atoms with E-state index in [2.05, 4.69) is 16.5 Å². The van der Waals surface area contributed by atoms with Crippen LogP contribution in [-0.2, 0) is 4.79 Å². The molecule has 2 aromatic heterocycles. The summed E-state index contributed by atoms with van der Waals surface area (Å²) in [6, 6.07) is 3.48. The minimum absolute atomic E-state index is 0.0455. The van der Waals surface area contributed by atoms with Crippen LogP contribution in [0.25, 0.3) is 11.2 Å². The highest BCUT2D eigenvalue weighted by Gasteiger charge is 2.17. The number of nitrogens with zero attached hydrogens (tertiary/aromatic N) is 3. The van der Waals surface area contributed by atoms with E-state index in [0.717, 1.165) is 11.8 Å². The van der Waals surface area contributed by atoms with Gasteiger partial charge < -0.3 is 9.84 Å². The fourth-order valence-electron chi connectivity index (χ4n) is 1.75. The largest absolute Gasteiger partial charge is 0.481 e. The molecule has 0 fully saturated rings. The number of pyridine rings is 1. The summed E-state index contributed by atoms with van der Waals surface area (Å²) in [4.78, 5) is 19.5. The van der Waals surface area contributed by atoms with Crippen LogP contribution in [0.4, 0.5) is 0 Å². The summed E-state index contributed by atoms with van der Waals surface area (Å²) >= 11 is 1.16. The van der Waals surface area contributed by atoms with Gasteiger partial charge in [-0.25, -0.2) is 4.98 Å². The number of thioether (sulfide) groups is 1. The number of ether oxygens (including phenoxy) is 1. The van der Waals surface area contributed by atoms with Crippen molar-refractivity contribution in [2.75, 3.05) is 12.9 Å². The Labute approximate surface area is 120 Å². The minimum atomic E-state index is -0.884.